The fraction of sp³-hybridized carbons (Fsp3) is 0. The van der Waals surface area contributed by atoms with Crippen molar-refractivity contribution in [3.63, 3.8) is 0 Å². The Morgan fingerprint density at radius 1 is 0.429 bits per heavy atom. The first kappa shape index (κ1) is 21.0. The van der Waals surface area contributed by atoms with Crippen LogP contribution in [0.4, 0.5) is 0 Å². The van der Waals surface area contributed by atoms with Gasteiger partial charge in [-0.3, -0.25) is 0 Å². The van der Waals surface area contributed by atoms with Gasteiger partial charge in [-0.25, -0.2) is 0 Å². The van der Waals surface area contributed by atoms with Crippen molar-refractivity contribution in [2.45, 2.75) is 0 Å². The van der Waals surface area contributed by atoms with Gasteiger partial charge >= 0.3 is 22.3 Å². The molecule has 7 rings (SSSR count). The SMILES string of the molecule is B1Oc2ccccc2O1.c1ccc(OB2Oc3ccccc3O2)c(OB2Oc3ccccc3O2)c1. The predicted molar refractivity (Wildman–Crippen MR) is 129 cm³/mol. The Kier molecular flexibility index (Phi) is 5.64. The third-order valence-corrected chi connectivity index (χ3v) is 5.16. The smallest absolute Gasteiger partial charge is 0.526 e. The molecule has 4 aromatic rings. The molecule has 0 fully saturated rings. The van der Waals surface area contributed by atoms with E-state index in [4.69, 9.17) is 37.2 Å². The molecule has 3 aliphatic rings. The fourth-order valence-electron chi connectivity index (χ4n) is 3.55. The molecule has 11 heteroatoms. The highest BCUT2D eigenvalue weighted by atomic mass is 16.8. The summed E-state index contributed by atoms with van der Waals surface area (Å²) in [6.07, 6.45) is 0. The van der Waals surface area contributed by atoms with Crippen molar-refractivity contribution in [3.05, 3.63) is 97.1 Å². The van der Waals surface area contributed by atoms with E-state index in [9.17, 15) is 0 Å². The first-order valence-electron chi connectivity index (χ1n) is 10.9. The van der Waals surface area contributed by atoms with Crippen LogP contribution in [-0.4, -0.2) is 22.3 Å². The largest absolute Gasteiger partial charge is 0.864 e. The van der Waals surface area contributed by atoms with Crippen molar-refractivity contribution in [3.8, 4) is 46.0 Å². The third kappa shape index (κ3) is 4.61. The topological polar surface area (TPSA) is 73.8 Å². The standard InChI is InChI=1S/C18H12B2O6.C6H5BO2/c1-2-8-14-13(7-1)21-19(22-14)25-17-11-5-6-12-18(17)26-20-23-15-9-3-4-10-16(15)24-20;1-2-4-6-5(3-1)8-7-9-6/h1-12H;1-4,7H. The van der Waals surface area contributed by atoms with Crippen molar-refractivity contribution in [2.75, 3.05) is 0 Å². The number of rotatable bonds is 4. The Balaban J connectivity index is 0.000000212. The number of hydrogen-bond donors (Lipinski definition) is 0. The second kappa shape index (κ2) is 9.38. The Hall–Kier alpha value is -4.53. The highest BCUT2D eigenvalue weighted by molar-refractivity contribution is 6.42. The van der Waals surface area contributed by atoms with Crippen molar-refractivity contribution < 1.29 is 37.2 Å². The Labute approximate surface area is 202 Å². The van der Waals surface area contributed by atoms with Crippen LogP contribution in [0.3, 0.4) is 0 Å². The first-order chi connectivity index (χ1) is 17.3. The minimum Gasteiger partial charge on any atom is -0.526 e. The summed E-state index contributed by atoms with van der Waals surface area (Å²) >= 11 is 0. The van der Waals surface area contributed by atoms with E-state index < -0.39 is 14.6 Å². The zero-order valence-corrected chi connectivity index (χ0v) is 18.4. The maximum absolute atomic E-state index is 5.80. The number of hydrogen-bond acceptors (Lipinski definition) is 8. The van der Waals surface area contributed by atoms with Gasteiger partial charge in [0.1, 0.15) is 46.0 Å². The molecule has 0 unspecified atom stereocenters. The summed E-state index contributed by atoms with van der Waals surface area (Å²) in [5.41, 5.74) is 0. The summed E-state index contributed by atoms with van der Waals surface area (Å²) in [7, 11) is -1.42. The molecule has 3 heterocycles. The minimum absolute atomic E-state index is 0.360. The van der Waals surface area contributed by atoms with E-state index in [0.717, 1.165) is 11.5 Å². The molecule has 4 aromatic carbocycles. The molecule has 35 heavy (non-hydrogen) atoms. The molecule has 0 saturated heterocycles. The quantitative estimate of drug-likeness (QED) is 0.417. The minimum atomic E-state index is -0.889. The van der Waals surface area contributed by atoms with Gasteiger partial charge in [-0.2, -0.15) is 0 Å². The molecule has 0 aromatic heterocycles. The normalized spacial score (nSPS) is 13.5. The van der Waals surface area contributed by atoms with Crippen molar-refractivity contribution >= 4 is 22.3 Å². The van der Waals surface area contributed by atoms with Gasteiger partial charge in [-0.1, -0.05) is 48.5 Å². The maximum atomic E-state index is 5.80. The molecule has 0 saturated carbocycles. The highest BCUT2D eigenvalue weighted by Gasteiger charge is 2.41. The molecule has 170 valence electrons. The first-order valence-corrected chi connectivity index (χ1v) is 10.9. The Morgan fingerprint density at radius 3 is 1.11 bits per heavy atom. The van der Waals surface area contributed by atoms with Crippen LogP contribution in [0.5, 0.6) is 46.0 Å². The summed E-state index contributed by atoms with van der Waals surface area (Å²) in [5.74, 6) is 5.13. The summed E-state index contributed by atoms with van der Waals surface area (Å²) in [4.78, 5) is 0. The van der Waals surface area contributed by atoms with Crippen LogP contribution in [0, 0.1) is 0 Å². The van der Waals surface area contributed by atoms with E-state index >= 15 is 0 Å². The third-order valence-electron chi connectivity index (χ3n) is 5.16. The number of benzene rings is 4. The molecule has 0 spiro atoms. The van der Waals surface area contributed by atoms with Gasteiger partial charge < -0.3 is 37.2 Å². The van der Waals surface area contributed by atoms with Crippen LogP contribution in [0.1, 0.15) is 0 Å². The predicted octanol–water partition coefficient (Wildman–Crippen LogP) is 4.08. The van der Waals surface area contributed by atoms with Gasteiger partial charge in [0, 0.05) is 0 Å². The van der Waals surface area contributed by atoms with Crippen molar-refractivity contribution in [1.29, 1.82) is 0 Å². The molecule has 0 aliphatic carbocycles. The molecule has 3 aliphatic heterocycles. The average molecular weight is 466 g/mol. The van der Waals surface area contributed by atoms with Crippen LogP contribution in [0.15, 0.2) is 97.1 Å². The monoisotopic (exact) mass is 466 g/mol. The van der Waals surface area contributed by atoms with Gasteiger partial charge in [-0.05, 0) is 48.5 Å². The summed E-state index contributed by atoms with van der Waals surface area (Å²) in [5, 5.41) is 0. The van der Waals surface area contributed by atoms with Gasteiger partial charge in [0.15, 0.2) is 0 Å². The summed E-state index contributed by atoms with van der Waals surface area (Å²) in [6, 6.07) is 29.6. The molecule has 0 radical (unpaired) electrons. The van der Waals surface area contributed by atoms with E-state index in [2.05, 4.69) is 0 Å². The lowest BCUT2D eigenvalue weighted by Crippen LogP contribution is -2.34. The van der Waals surface area contributed by atoms with E-state index in [0.29, 0.717) is 42.2 Å². The van der Waals surface area contributed by atoms with Crippen molar-refractivity contribution in [1.82, 2.24) is 0 Å². The molecular weight excluding hydrogens is 449 g/mol. The summed E-state index contributed by atoms with van der Waals surface area (Å²) < 4.78 is 44.2. The zero-order valence-electron chi connectivity index (χ0n) is 18.4. The van der Waals surface area contributed by atoms with E-state index in [1.807, 2.05) is 84.9 Å². The van der Waals surface area contributed by atoms with Gasteiger partial charge in [0.2, 0.25) is 0 Å². The lowest BCUT2D eigenvalue weighted by Gasteiger charge is -2.13. The van der Waals surface area contributed by atoms with E-state index in [1.165, 1.54) is 0 Å². The molecule has 0 N–H and O–H groups in total. The average Bonchev–Trinajstić information content (AvgIpc) is 3.63. The number of para-hydroxylation sites is 8. The molecular formula is C24H17B3O8. The Morgan fingerprint density at radius 2 is 0.743 bits per heavy atom. The maximum Gasteiger partial charge on any atom is 0.864 e. The molecule has 0 amide bonds. The lowest BCUT2D eigenvalue weighted by atomic mass is 10.2. The molecule has 0 bridgehead atoms. The van der Waals surface area contributed by atoms with Crippen LogP contribution >= 0.6 is 0 Å². The molecule has 0 atom stereocenters. The van der Waals surface area contributed by atoms with E-state index in [-0.39, 0.29) is 0 Å². The zero-order chi connectivity index (χ0) is 23.5. The highest BCUT2D eigenvalue weighted by Crippen LogP contribution is 2.37. The summed E-state index contributed by atoms with van der Waals surface area (Å²) in [6.45, 7) is 0. The fourth-order valence-corrected chi connectivity index (χ4v) is 3.55. The molecule has 8 nitrogen and oxygen atoms in total. The van der Waals surface area contributed by atoms with E-state index in [1.54, 1.807) is 12.1 Å². The van der Waals surface area contributed by atoms with Crippen LogP contribution in [0.2, 0.25) is 0 Å². The van der Waals surface area contributed by atoms with Crippen LogP contribution in [-0.2, 0) is 0 Å². The van der Waals surface area contributed by atoms with Gasteiger partial charge in [0.25, 0.3) is 0 Å². The van der Waals surface area contributed by atoms with Crippen LogP contribution < -0.4 is 37.2 Å². The lowest BCUT2D eigenvalue weighted by molar-refractivity contribution is 0.322. The number of fused-ring (bicyclic) bond motifs is 3. The van der Waals surface area contributed by atoms with Crippen LogP contribution in [0.25, 0.3) is 0 Å². The second-order valence-electron chi connectivity index (χ2n) is 7.48. The van der Waals surface area contributed by atoms with Crippen molar-refractivity contribution in [2.24, 2.45) is 0 Å². The second-order valence-corrected chi connectivity index (χ2v) is 7.48. The van der Waals surface area contributed by atoms with Gasteiger partial charge in [-0.15, -0.1) is 0 Å². The van der Waals surface area contributed by atoms with Gasteiger partial charge in [0.05, 0.1) is 0 Å². The Bertz CT molecular complexity index is 1190.